The molecule has 1 aliphatic heterocycles. The Hall–Kier alpha value is -3.17. The van der Waals surface area contributed by atoms with Gasteiger partial charge in [-0.1, -0.05) is 12.1 Å². The van der Waals surface area contributed by atoms with E-state index in [1.54, 1.807) is 18.5 Å². The molecule has 0 saturated carbocycles. The third kappa shape index (κ3) is 4.68. The number of halogens is 3. The van der Waals surface area contributed by atoms with Crippen LogP contribution >= 0.6 is 0 Å². The smallest absolute Gasteiger partial charge is 0.406 e. The monoisotopic (exact) mass is 444 g/mol. The molecule has 2 heterocycles. The Balaban J connectivity index is 1.55. The minimum Gasteiger partial charge on any atom is -0.406 e. The van der Waals surface area contributed by atoms with Gasteiger partial charge in [0, 0.05) is 24.8 Å². The molecular formula is C23H23F3N4O2. The number of carbonyl (C=O) groups excluding carboxylic acids is 1. The molecule has 1 N–H and O–H groups in total. The number of nitrogens with zero attached hydrogens (tertiary/aromatic N) is 3. The number of fused-ring (bicyclic) bond motifs is 1. The lowest BCUT2D eigenvalue weighted by atomic mass is 9.96. The van der Waals surface area contributed by atoms with Crippen molar-refractivity contribution in [3.8, 4) is 17.0 Å². The molecule has 6 nitrogen and oxygen atoms in total. The van der Waals surface area contributed by atoms with Gasteiger partial charge in [0.1, 0.15) is 12.0 Å². The van der Waals surface area contributed by atoms with Crippen molar-refractivity contribution >= 4 is 6.29 Å². The van der Waals surface area contributed by atoms with Gasteiger partial charge in [-0.15, -0.1) is 13.2 Å². The van der Waals surface area contributed by atoms with Crippen molar-refractivity contribution in [1.82, 2.24) is 19.8 Å². The topological polar surface area (TPSA) is 59.4 Å². The maximum absolute atomic E-state index is 12.4. The highest BCUT2D eigenvalue weighted by Crippen LogP contribution is 2.38. The zero-order valence-corrected chi connectivity index (χ0v) is 17.7. The number of imidazole rings is 1. The first kappa shape index (κ1) is 22.0. The van der Waals surface area contributed by atoms with E-state index in [0.717, 1.165) is 39.8 Å². The highest BCUT2D eigenvalue weighted by Gasteiger charge is 2.33. The Morgan fingerprint density at radius 2 is 2.00 bits per heavy atom. The first-order chi connectivity index (χ1) is 15.3. The highest BCUT2D eigenvalue weighted by atomic mass is 19.4. The summed E-state index contributed by atoms with van der Waals surface area (Å²) in [6.45, 7) is 3.63. The average Bonchev–Trinajstić information content (AvgIpc) is 3.33. The van der Waals surface area contributed by atoms with Gasteiger partial charge in [-0.3, -0.25) is 4.90 Å². The van der Waals surface area contributed by atoms with Crippen LogP contribution in [0, 0.1) is 6.92 Å². The van der Waals surface area contributed by atoms with Gasteiger partial charge in [-0.2, -0.15) is 0 Å². The summed E-state index contributed by atoms with van der Waals surface area (Å²) in [6.07, 6.45) is -0.0760. The number of nitrogens with one attached hydrogen (secondary N) is 1. The largest absolute Gasteiger partial charge is 0.573 e. The van der Waals surface area contributed by atoms with Crippen molar-refractivity contribution in [1.29, 1.82) is 0 Å². The van der Waals surface area contributed by atoms with E-state index in [-0.39, 0.29) is 5.75 Å². The third-order valence-corrected chi connectivity index (χ3v) is 5.48. The summed E-state index contributed by atoms with van der Waals surface area (Å²) in [7, 11) is 1.87. The number of aryl methyl sites for hydroxylation is 1. The highest BCUT2D eigenvalue weighted by molar-refractivity contribution is 5.70. The standard InChI is InChI=1S/C23H23F3N4O2/c1-15-7-17(20-11-29(13-27-2)14-28-20)8-18-10-30(21(12-31)22(15)18)9-16-3-5-19(6-4-16)32-23(24,25)26/h3-8,11-12,14,21,27H,9-10,13H2,1-2H3. The summed E-state index contributed by atoms with van der Waals surface area (Å²) in [6, 6.07) is 9.42. The molecule has 0 aliphatic carbocycles. The fraction of sp³-hybridized carbons (Fsp3) is 0.304. The van der Waals surface area contributed by atoms with E-state index in [4.69, 9.17) is 0 Å². The van der Waals surface area contributed by atoms with Crippen molar-refractivity contribution in [3.63, 3.8) is 0 Å². The summed E-state index contributed by atoms with van der Waals surface area (Å²) in [5, 5.41) is 3.07. The lowest BCUT2D eigenvalue weighted by Crippen LogP contribution is -2.23. The Bertz CT molecular complexity index is 1110. The second kappa shape index (κ2) is 8.76. The van der Waals surface area contributed by atoms with Gasteiger partial charge in [0.05, 0.1) is 24.7 Å². The van der Waals surface area contributed by atoms with Crippen molar-refractivity contribution in [2.75, 3.05) is 7.05 Å². The van der Waals surface area contributed by atoms with Gasteiger partial charge >= 0.3 is 6.36 Å². The predicted molar refractivity (Wildman–Crippen MR) is 113 cm³/mol. The molecule has 0 amide bonds. The van der Waals surface area contributed by atoms with Crippen molar-refractivity contribution in [3.05, 3.63) is 71.2 Å². The van der Waals surface area contributed by atoms with Crippen LogP contribution in [0.1, 0.15) is 28.3 Å². The SMILES string of the molecule is CNCn1cnc(-c2cc(C)c3c(c2)CN(Cc2ccc(OC(F)(F)F)cc2)C3C=O)c1. The quantitative estimate of drug-likeness (QED) is 0.554. The van der Waals surface area contributed by atoms with Gasteiger partial charge in [0.25, 0.3) is 0 Å². The molecule has 1 unspecified atom stereocenters. The lowest BCUT2D eigenvalue weighted by Gasteiger charge is -2.21. The molecule has 9 heteroatoms. The molecule has 2 aromatic carbocycles. The molecule has 4 rings (SSSR count). The van der Waals surface area contributed by atoms with Gasteiger partial charge < -0.3 is 19.4 Å². The van der Waals surface area contributed by atoms with Gasteiger partial charge in [-0.25, -0.2) is 4.98 Å². The van der Waals surface area contributed by atoms with Crippen LogP contribution in [0.2, 0.25) is 0 Å². The fourth-order valence-corrected chi connectivity index (χ4v) is 4.19. The minimum atomic E-state index is -4.72. The van der Waals surface area contributed by atoms with Crippen molar-refractivity contribution in [2.45, 2.75) is 39.1 Å². The van der Waals surface area contributed by atoms with Gasteiger partial charge in [0.15, 0.2) is 0 Å². The van der Waals surface area contributed by atoms with E-state index in [1.807, 2.05) is 35.7 Å². The Labute approximate surface area is 183 Å². The zero-order valence-electron chi connectivity index (χ0n) is 17.7. The van der Waals surface area contributed by atoms with Crippen molar-refractivity contribution < 1.29 is 22.7 Å². The summed E-state index contributed by atoms with van der Waals surface area (Å²) < 4.78 is 43.0. The number of aromatic nitrogens is 2. The molecule has 32 heavy (non-hydrogen) atoms. The van der Waals surface area contributed by atoms with Crippen LogP contribution < -0.4 is 10.1 Å². The van der Waals surface area contributed by atoms with E-state index >= 15 is 0 Å². The van der Waals surface area contributed by atoms with Crippen LogP contribution in [-0.4, -0.2) is 34.1 Å². The predicted octanol–water partition coefficient (Wildman–Crippen LogP) is 4.19. The zero-order chi connectivity index (χ0) is 22.9. The average molecular weight is 444 g/mol. The molecule has 0 radical (unpaired) electrons. The molecule has 0 fully saturated rings. The number of hydrogen-bond acceptors (Lipinski definition) is 5. The van der Waals surface area contributed by atoms with E-state index < -0.39 is 12.4 Å². The number of hydrogen-bond donors (Lipinski definition) is 1. The Morgan fingerprint density at radius 1 is 1.25 bits per heavy atom. The molecule has 3 aromatic rings. The molecule has 0 bridgehead atoms. The number of ether oxygens (including phenoxy) is 1. The van der Waals surface area contributed by atoms with Crippen LogP contribution in [0.5, 0.6) is 5.75 Å². The molecular weight excluding hydrogens is 421 g/mol. The first-order valence-corrected chi connectivity index (χ1v) is 10.1. The second-order valence-electron chi connectivity index (χ2n) is 7.83. The van der Waals surface area contributed by atoms with E-state index in [9.17, 15) is 18.0 Å². The van der Waals surface area contributed by atoms with E-state index in [2.05, 4.69) is 21.1 Å². The van der Waals surface area contributed by atoms with Crippen molar-refractivity contribution in [2.24, 2.45) is 0 Å². The number of carbonyl (C=O) groups is 1. The maximum atomic E-state index is 12.4. The summed E-state index contributed by atoms with van der Waals surface area (Å²) >= 11 is 0. The maximum Gasteiger partial charge on any atom is 0.573 e. The molecule has 1 atom stereocenters. The molecule has 1 aliphatic rings. The minimum absolute atomic E-state index is 0.268. The third-order valence-electron chi connectivity index (χ3n) is 5.48. The van der Waals surface area contributed by atoms with E-state index in [0.29, 0.717) is 19.8 Å². The summed E-state index contributed by atoms with van der Waals surface area (Å²) in [4.78, 5) is 18.4. The van der Waals surface area contributed by atoms with Crippen LogP contribution in [0.4, 0.5) is 13.2 Å². The number of alkyl halides is 3. The Kier molecular flexibility index (Phi) is 6.03. The van der Waals surface area contributed by atoms with Crippen LogP contribution in [-0.2, 0) is 24.6 Å². The van der Waals surface area contributed by atoms with Crippen LogP contribution in [0.3, 0.4) is 0 Å². The van der Waals surface area contributed by atoms with Crippen LogP contribution in [0.25, 0.3) is 11.3 Å². The summed E-state index contributed by atoms with van der Waals surface area (Å²) in [5.41, 5.74) is 5.67. The molecule has 1 aromatic heterocycles. The fourth-order valence-electron chi connectivity index (χ4n) is 4.19. The lowest BCUT2D eigenvalue weighted by molar-refractivity contribution is -0.274. The second-order valence-corrected chi connectivity index (χ2v) is 7.83. The summed E-state index contributed by atoms with van der Waals surface area (Å²) in [5.74, 6) is -0.268. The van der Waals surface area contributed by atoms with Gasteiger partial charge in [0.2, 0.25) is 0 Å². The number of rotatable bonds is 7. The normalized spacial score (nSPS) is 16.2. The molecule has 0 spiro atoms. The van der Waals surface area contributed by atoms with Crippen LogP contribution in [0.15, 0.2) is 48.9 Å². The molecule has 168 valence electrons. The Morgan fingerprint density at radius 3 is 2.66 bits per heavy atom. The molecule has 0 saturated heterocycles. The number of benzene rings is 2. The van der Waals surface area contributed by atoms with Gasteiger partial charge in [-0.05, 0) is 60.5 Å². The number of aldehydes is 1. The van der Waals surface area contributed by atoms with E-state index in [1.165, 1.54) is 12.1 Å². The first-order valence-electron chi connectivity index (χ1n) is 10.1.